The quantitative estimate of drug-likeness (QED) is 0.418. The van der Waals surface area contributed by atoms with E-state index in [1.54, 1.807) is 20.8 Å². The third kappa shape index (κ3) is 4.84. The molecular formula is C23H25F3O5. The van der Waals surface area contributed by atoms with Crippen molar-refractivity contribution in [1.29, 1.82) is 0 Å². The maximum absolute atomic E-state index is 13.3. The first kappa shape index (κ1) is 24.2. The normalized spacial score (nSPS) is 16.8. The van der Waals surface area contributed by atoms with E-state index >= 15 is 0 Å². The molecule has 31 heavy (non-hydrogen) atoms. The average Bonchev–Trinajstić information content (AvgIpc) is 2.71. The second-order valence-electron chi connectivity index (χ2n) is 7.03. The number of carbonyl (C=O) groups excluding carboxylic acids is 2. The molecule has 0 heterocycles. The zero-order valence-corrected chi connectivity index (χ0v) is 17.8. The van der Waals surface area contributed by atoms with E-state index in [-0.39, 0.29) is 11.1 Å². The van der Waals surface area contributed by atoms with Crippen LogP contribution in [0.25, 0.3) is 6.08 Å². The molecule has 1 aliphatic rings. The third-order valence-corrected chi connectivity index (χ3v) is 5.42. The lowest BCUT2D eigenvalue weighted by Gasteiger charge is -2.37. The lowest BCUT2D eigenvalue weighted by atomic mass is 9.68. The summed E-state index contributed by atoms with van der Waals surface area (Å²) in [5.41, 5.74) is -0.756. The van der Waals surface area contributed by atoms with E-state index in [9.17, 15) is 27.9 Å². The van der Waals surface area contributed by atoms with Crippen molar-refractivity contribution in [1.82, 2.24) is 0 Å². The van der Waals surface area contributed by atoms with Crippen LogP contribution < -0.4 is 4.74 Å². The molecule has 8 heteroatoms. The Morgan fingerprint density at radius 2 is 1.84 bits per heavy atom. The van der Waals surface area contributed by atoms with Crippen LogP contribution in [0.4, 0.5) is 13.2 Å². The molecule has 1 aromatic carbocycles. The molecule has 0 aliphatic heterocycles. The number of rotatable bonds is 8. The molecule has 5 nitrogen and oxygen atoms in total. The lowest BCUT2D eigenvalue weighted by molar-refractivity contribution is -0.274. The average molecular weight is 438 g/mol. The number of halogens is 3. The molecule has 1 aromatic rings. The molecule has 1 N–H and O–H groups in total. The first-order valence-electron chi connectivity index (χ1n) is 9.88. The van der Waals surface area contributed by atoms with Gasteiger partial charge in [-0.2, -0.15) is 0 Å². The van der Waals surface area contributed by atoms with Gasteiger partial charge in [-0.15, -0.1) is 13.2 Å². The Labute approximate surface area is 178 Å². The SMILES string of the molecule is CCC1=C(OC)C(CC)(CC)C(=O)C(C(=O)/C=C/c2cccc(OC(F)(F)F)c2)=C1O. The molecule has 0 spiro atoms. The Hall–Kier alpha value is -3.03. The van der Waals surface area contributed by atoms with Gasteiger partial charge in [-0.25, -0.2) is 0 Å². The summed E-state index contributed by atoms with van der Waals surface area (Å²) in [6.45, 7) is 5.39. The van der Waals surface area contributed by atoms with Crippen LogP contribution in [0.1, 0.15) is 45.6 Å². The van der Waals surface area contributed by atoms with Gasteiger partial charge in [0.05, 0.1) is 12.5 Å². The number of allylic oxidation sites excluding steroid dienone is 4. The van der Waals surface area contributed by atoms with Crippen LogP contribution >= 0.6 is 0 Å². The molecule has 0 saturated carbocycles. The van der Waals surface area contributed by atoms with Crippen molar-refractivity contribution >= 4 is 17.6 Å². The van der Waals surface area contributed by atoms with Crippen molar-refractivity contribution in [2.24, 2.45) is 5.41 Å². The monoisotopic (exact) mass is 438 g/mol. The Bertz CT molecular complexity index is 950. The predicted molar refractivity (Wildman–Crippen MR) is 109 cm³/mol. The highest BCUT2D eigenvalue weighted by atomic mass is 19.4. The highest BCUT2D eigenvalue weighted by Crippen LogP contribution is 2.46. The number of hydrogen-bond donors (Lipinski definition) is 1. The molecule has 0 bridgehead atoms. The predicted octanol–water partition coefficient (Wildman–Crippen LogP) is 5.68. The number of ketones is 2. The van der Waals surface area contributed by atoms with Gasteiger partial charge in [-0.1, -0.05) is 39.0 Å². The molecule has 0 fully saturated rings. The summed E-state index contributed by atoms with van der Waals surface area (Å²) in [5.74, 6) is -1.77. The maximum Gasteiger partial charge on any atom is 0.573 e. The van der Waals surface area contributed by atoms with E-state index in [1.165, 1.54) is 25.3 Å². The number of Topliss-reactive ketones (excluding diaryl/α,β-unsaturated/α-hetero) is 1. The summed E-state index contributed by atoms with van der Waals surface area (Å²) >= 11 is 0. The van der Waals surface area contributed by atoms with Gasteiger partial charge in [0.25, 0.3) is 0 Å². The zero-order valence-electron chi connectivity index (χ0n) is 17.8. The van der Waals surface area contributed by atoms with Crippen LogP contribution in [0.5, 0.6) is 5.75 Å². The van der Waals surface area contributed by atoms with E-state index in [4.69, 9.17) is 4.74 Å². The summed E-state index contributed by atoms with van der Waals surface area (Å²) in [5, 5.41) is 10.7. The molecular weight excluding hydrogens is 413 g/mol. The summed E-state index contributed by atoms with van der Waals surface area (Å²) in [6.07, 6.45) is -1.42. The van der Waals surface area contributed by atoms with Gasteiger partial charge in [0.2, 0.25) is 0 Å². The second-order valence-corrected chi connectivity index (χ2v) is 7.03. The van der Waals surface area contributed by atoms with Crippen LogP contribution in [0.15, 0.2) is 53.0 Å². The Balaban J connectivity index is 2.45. The van der Waals surface area contributed by atoms with Crippen molar-refractivity contribution in [3.8, 4) is 5.75 Å². The minimum atomic E-state index is -4.84. The van der Waals surface area contributed by atoms with E-state index in [0.29, 0.717) is 30.6 Å². The fourth-order valence-corrected chi connectivity index (χ4v) is 3.84. The number of alkyl halides is 3. The molecule has 0 unspecified atom stereocenters. The number of aliphatic hydroxyl groups is 1. The molecule has 0 radical (unpaired) electrons. The third-order valence-electron chi connectivity index (χ3n) is 5.42. The van der Waals surface area contributed by atoms with E-state index < -0.39 is 34.9 Å². The molecule has 0 saturated heterocycles. The number of hydrogen-bond acceptors (Lipinski definition) is 5. The maximum atomic E-state index is 13.3. The smallest absolute Gasteiger partial charge is 0.507 e. The van der Waals surface area contributed by atoms with Gasteiger partial charge in [0.15, 0.2) is 11.6 Å². The van der Waals surface area contributed by atoms with E-state index in [1.807, 2.05) is 0 Å². The van der Waals surface area contributed by atoms with Gasteiger partial charge in [0.1, 0.15) is 22.8 Å². The van der Waals surface area contributed by atoms with Gasteiger partial charge in [-0.3, -0.25) is 9.59 Å². The lowest BCUT2D eigenvalue weighted by Crippen LogP contribution is -2.40. The van der Waals surface area contributed by atoms with Crippen molar-refractivity contribution in [3.05, 3.63) is 58.6 Å². The molecule has 0 amide bonds. The molecule has 2 rings (SSSR count). The highest BCUT2D eigenvalue weighted by Gasteiger charge is 2.49. The van der Waals surface area contributed by atoms with E-state index in [2.05, 4.69) is 4.74 Å². The topological polar surface area (TPSA) is 72.8 Å². The van der Waals surface area contributed by atoms with Crippen LogP contribution in [0, 0.1) is 5.41 Å². The van der Waals surface area contributed by atoms with Crippen LogP contribution in [-0.2, 0) is 14.3 Å². The summed E-state index contributed by atoms with van der Waals surface area (Å²) in [4.78, 5) is 26.2. The van der Waals surface area contributed by atoms with Gasteiger partial charge in [-0.05, 0) is 43.0 Å². The minimum Gasteiger partial charge on any atom is -0.507 e. The fourth-order valence-electron chi connectivity index (χ4n) is 3.84. The van der Waals surface area contributed by atoms with Gasteiger partial charge >= 0.3 is 6.36 Å². The summed E-state index contributed by atoms with van der Waals surface area (Å²) in [6, 6.07) is 5.06. The Morgan fingerprint density at radius 3 is 2.35 bits per heavy atom. The number of ether oxygens (including phenoxy) is 2. The molecule has 168 valence electrons. The van der Waals surface area contributed by atoms with E-state index in [0.717, 1.165) is 18.2 Å². The number of carbonyl (C=O) groups is 2. The number of methoxy groups -OCH3 is 1. The summed E-state index contributed by atoms with van der Waals surface area (Å²) in [7, 11) is 1.42. The summed E-state index contributed by atoms with van der Waals surface area (Å²) < 4.78 is 46.6. The molecule has 0 aromatic heterocycles. The molecule has 0 atom stereocenters. The number of aliphatic hydroxyl groups excluding tert-OH is 1. The van der Waals surface area contributed by atoms with Crippen LogP contribution in [0.3, 0.4) is 0 Å². The Kier molecular flexibility index (Phi) is 7.36. The second kappa shape index (κ2) is 9.41. The van der Waals surface area contributed by atoms with Crippen molar-refractivity contribution in [2.75, 3.05) is 7.11 Å². The van der Waals surface area contributed by atoms with Crippen LogP contribution in [0.2, 0.25) is 0 Å². The minimum absolute atomic E-state index is 0.263. The Morgan fingerprint density at radius 1 is 1.19 bits per heavy atom. The molecule has 1 aliphatic carbocycles. The standard InChI is InChI=1S/C23H25F3O5/c1-5-16-19(28)18(20(29)22(6-2,7-3)21(16)30-4)17(27)12-11-14-9-8-10-15(13-14)31-23(24,25)26/h8-13,28H,5-7H2,1-4H3/b12-11+. The highest BCUT2D eigenvalue weighted by molar-refractivity contribution is 6.28. The first-order chi connectivity index (χ1) is 14.5. The van der Waals surface area contributed by atoms with Crippen molar-refractivity contribution < 1.29 is 37.3 Å². The number of benzene rings is 1. The van der Waals surface area contributed by atoms with Gasteiger partial charge in [0, 0.05) is 5.57 Å². The first-order valence-corrected chi connectivity index (χ1v) is 9.88. The largest absolute Gasteiger partial charge is 0.573 e. The van der Waals surface area contributed by atoms with Gasteiger partial charge < -0.3 is 14.6 Å². The van der Waals surface area contributed by atoms with Crippen molar-refractivity contribution in [2.45, 2.75) is 46.4 Å². The fraction of sp³-hybridized carbons (Fsp3) is 0.391. The zero-order chi connectivity index (χ0) is 23.4. The van der Waals surface area contributed by atoms with Crippen molar-refractivity contribution in [3.63, 3.8) is 0 Å². The van der Waals surface area contributed by atoms with Crippen LogP contribution in [-0.4, -0.2) is 30.1 Å².